The van der Waals surface area contributed by atoms with Crippen LogP contribution in [0.4, 0.5) is 5.69 Å². The van der Waals surface area contributed by atoms with Gasteiger partial charge in [0.2, 0.25) is 17.7 Å². The number of fused-ring (bicyclic) bond motifs is 2. The number of nitrogens with zero attached hydrogens (tertiary/aromatic N) is 2. The van der Waals surface area contributed by atoms with Crippen molar-refractivity contribution in [2.75, 3.05) is 18.0 Å². The lowest BCUT2D eigenvalue weighted by atomic mass is 9.80. The van der Waals surface area contributed by atoms with Crippen molar-refractivity contribution in [3.05, 3.63) is 70.8 Å². The highest BCUT2D eigenvalue weighted by Gasteiger charge is 2.63. The van der Waals surface area contributed by atoms with Crippen LogP contribution in [-0.2, 0) is 24.6 Å². The normalized spacial score (nSPS) is 20.6. The Hall–Kier alpha value is -3.45. The molecule has 3 amide bonds. The van der Waals surface area contributed by atoms with Crippen molar-refractivity contribution in [2.24, 2.45) is 0 Å². The van der Waals surface area contributed by atoms with E-state index in [9.17, 15) is 24.3 Å². The minimum Gasteiger partial charge on any atom is -0.480 e. The molecule has 2 aromatic rings. The van der Waals surface area contributed by atoms with Gasteiger partial charge in [0.15, 0.2) is 5.41 Å². The molecule has 0 aromatic heterocycles. The first kappa shape index (κ1) is 19.8. The maximum Gasteiger partial charge on any atom is 0.323 e. The molecule has 2 aliphatic heterocycles. The third-order valence-corrected chi connectivity index (χ3v) is 5.57. The van der Waals surface area contributed by atoms with Gasteiger partial charge in [0, 0.05) is 22.8 Å². The second kappa shape index (κ2) is 7.42. The van der Waals surface area contributed by atoms with Crippen LogP contribution in [0.1, 0.15) is 17.5 Å². The van der Waals surface area contributed by atoms with E-state index in [1.807, 2.05) is 30.3 Å². The molecule has 152 valence electrons. The standard InChI is InChI=1S/C22H17ClN2O5/c23-15-8-9-17-16(11-15)22(21(30)25(17)13-19(27)28)12-18(26)24(20(22)29)10-4-7-14-5-2-1-3-6-14/h1-9,11H,10,12-13H2,(H,27,28)/b7-4+. The molecule has 1 atom stereocenters. The number of imide groups is 1. The average Bonchev–Trinajstić information content (AvgIpc) is 3.09. The Morgan fingerprint density at radius 2 is 1.77 bits per heavy atom. The van der Waals surface area contributed by atoms with E-state index >= 15 is 0 Å². The lowest BCUT2D eigenvalue weighted by Crippen LogP contribution is -2.47. The van der Waals surface area contributed by atoms with Gasteiger partial charge in [-0.05, 0) is 23.8 Å². The molecule has 1 N–H and O–H groups in total. The Morgan fingerprint density at radius 3 is 2.47 bits per heavy atom. The number of likely N-dealkylation sites (tertiary alicyclic amines) is 1. The van der Waals surface area contributed by atoms with Crippen molar-refractivity contribution in [2.45, 2.75) is 11.8 Å². The number of halogens is 1. The van der Waals surface area contributed by atoms with Gasteiger partial charge in [0.05, 0.1) is 6.42 Å². The summed E-state index contributed by atoms with van der Waals surface area (Å²) < 4.78 is 0. The van der Waals surface area contributed by atoms with Crippen molar-refractivity contribution in [3.63, 3.8) is 0 Å². The lowest BCUT2D eigenvalue weighted by Gasteiger charge is -2.21. The van der Waals surface area contributed by atoms with Crippen molar-refractivity contribution in [3.8, 4) is 0 Å². The number of amides is 3. The summed E-state index contributed by atoms with van der Waals surface area (Å²) in [5, 5.41) is 9.50. The minimum atomic E-state index is -1.77. The SMILES string of the molecule is O=C(O)CN1C(=O)C2(CC(=O)N(C/C=C/c3ccccc3)C2=O)c2cc(Cl)ccc21. The topological polar surface area (TPSA) is 95.0 Å². The first-order valence-corrected chi connectivity index (χ1v) is 9.62. The number of carboxylic acid groups (broad SMARTS) is 1. The van der Waals surface area contributed by atoms with Gasteiger partial charge in [-0.15, -0.1) is 0 Å². The zero-order valence-corrected chi connectivity index (χ0v) is 16.5. The fourth-order valence-corrected chi connectivity index (χ4v) is 4.17. The van der Waals surface area contributed by atoms with Crippen LogP contribution < -0.4 is 4.90 Å². The number of carboxylic acids is 1. The van der Waals surface area contributed by atoms with E-state index in [-0.39, 0.29) is 24.2 Å². The Kier molecular flexibility index (Phi) is 4.91. The van der Waals surface area contributed by atoms with Gasteiger partial charge < -0.3 is 5.11 Å². The molecule has 8 heteroatoms. The summed E-state index contributed by atoms with van der Waals surface area (Å²) in [6, 6.07) is 13.9. The summed E-state index contributed by atoms with van der Waals surface area (Å²) in [5.74, 6) is -3.09. The molecule has 2 aliphatic rings. The van der Waals surface area contributed by atoms with Crippen molar-refractivity contribution in [1.29, 1.82) is 0 Å². The summed E-state index contributed by atoms with van der Waals surface area (Å²) >= 11 is 6.09. The number of hydrogen-bond donors (Lipinski definition) is 1. The van der Waals surface area contributed by atoms with Crippen LogP contribution in [0.5, 0.6) is 0 Å². The minimum absolute atomic E-state index is 0.0103. The number of anilines is 1. The molecule has 0 aliphatic carbocycles. The largest absolute Gasteiger partial charge is 0.480 e. The number of hydrogen-bond acceptors (Lipinski definition) is 4. The summed E-state index contributed by atoms with van der Waals surface area (Å²) in [4.78, 5) is 52.6. The maximum absolute atomic E-state index is 13.3. The van der Waals surface area contributed by atoms with Crippen LogP contribution in [0.25, 0.3) is 6.08 Å². The van der Waals surface area contributed by atoms with Crippen LogP contribution in [0.3, 0.4) is 0 Å². The predicted molar refractivity (Wildman–Crippen MR) is 110 cm³/mol. The number of carbonyl (C=O) groups is 4. The maximum atomic E-state index is 13.3. The highest BCUT2D eigenvalue weighted by atomic mass is 35.5. The van der Waals surface area contributed by atoms with E-state index in [0.29, 0.717) is 5.02 Å². The van der Waals surface area contributed by atoms with E-state index in [1.165, 1.54) is 18.2 Å². The summed E-state index contributed by atoms with van der Waals surface area (Å²) in [5.41, 5.74) is -0.301. The van der Waals surface area contributed by atoms with Gasteiger partial charge in [-0.1, -0.05) is 54.1 Å². The molecule has 1 unspecified atom stereocenters. The van der Waals surface area contributed by atoms with Gasteiger partial charge in [-0.3, -0.25) is 29.0 Å². The zero-order valence-electron chi connectivity index (χ0n) is 15.7. The highest BCUT2D eigenvalue weighted by Crippen LogP contribution is 2.49. The first-order valence-electron chi connectivity index (χ1n) is 9.25. The third kappa shape index (κ3) is 3.07. The van der Waals surface area contributed by atoms with E-state index in [0.717, 1.165) is 15.4 Å². The molecule has 2 aromatic carbocycles. The number of aliphatic carboxylic acids is 1. The van der Waals surface area contributed by atoms with E-state index in [4.69, 9.17) is 11.6 Å². The van der Waals surface area contributed by atoms with Gasteiger partial charge in [0.1, 0.15) is 6.54 Å². The summed E-state index contributed by atoms with van der Waals surface area (Å²) in [6.07, 6.45) is 3.11. The molecular formula is C22H17ClN2O5. The number of rotatable bonds is 5. The van der Waals surface area contributed by atoms with Crippen LogP contribution in [-0.4, -0.2) is 46.8 Å². The lowest BCUT2D eigenvalue weighted by molar-refractivity contribution is -0.142. The number of benzene rings is 2. The smallest absolute Gasteiger partial charge is 0.323 e. The fourth-order valence-electron chi connectivity index (χ4n) is 3.99. The molecule has 1 saturated heterocycles. The zero-order chi connectivity index (χ0) is 21.5. The Labute approximate surface area is 177 Å². The van der Waals surface area contributed by atoms with Crippen molar-refractivity contribution >= 4 is 47.1 Å². The Morgan fingerprint density at radius 1 is 1.07 bits per heavy atom. The molecule has 2 heterocycles. The summed E-state index contributed by atoms with van der Waals surface area (Å²) in [7, 11) is 0. The average molecular weight is 425 g/mol. The van der Waals surface area contributed by atoms with Crippen LogP contribution in [0, 0.1) is 0 Å². The number of carbonyl (C=O) groups excluding carboxylic acids is 3. The summed E-state index contributed by atoms with van der Waals surface area (Å²) in [6.45, 7) is -0.596. The van der Waals surface area contributed by atoms with Gasteiger partial charge in [-0.2, -0.15) is 0 Å². The highest BCUT2D eigenvalue weighted by molar-refractivity contribution is 6.32. The third-order valence-electron chi connectivity index (χ3n) is 5.34. The van der Waals surface area contributed by atoms with Crippen LogP contribution >= 0.6 is 11.6 Å². The Bertz CT molecular complexity index is 1100. The molecule has 0 bridgehead atoms. The first-order chi connectivity index (χ1) is 14.3. The van der Waals surface area contributed by atoms with Crippen molar-refractivity contribution in [1.82, 2.24) is 4.90 Å². The van der Waals surface area contributed by atoms with Gasteiger partial charge in [-0.25, -0.2) is 0 Å². The van der Waals surface area contributed by atoms with Crippen LogP contribution in [0.15, 0.2) is 54.6 Å². The molecule has 4 rings (SSSR count). The molecule has 1 fully saturated rings. The molecule has 7 nitrogen and oxygen atoms in total. The Balaban J connectivity index is 1.68. The molecule has 0 saturated carbocycles. The van der Waals surface area contributed by atoms with E-state index in [1.54, 1.807) is 12.2 Å². The fraction of sp³-hybridized carbons (Fsp3) is 0.182. The predicted octanol–water partition coefficient (Wildman–Crippen LogP) is 2.48. The van der Waals surface area contributed by atoms with Crippen molar-refractivity contribution < 1.29 is 24.3 Å². The molecule has 30 heavy (non-hydrogen) atoms. The second-order valence-corrected chi connectivity index (χ2v) is 7.59. The van der Waals surface area contributed by atoms with Gasteiger partial charge in [0.25, 0.3) is 0 Å². The molecule has 1 spiro atoms. The van der Waals surface area contributed by atoms with Gasteiger partial charge >= 0.3 is 5.97 Å². The van der Waals surface area contributed by atoms with Crippen LogP contribution in [0.2, 0.25) is 5.02 Å². The molecular weight excluding hydrogens is 408 g/mol. The quantitative estimate of drug-likeness (QED) is 0.587. The van der Waals surface area contributed by atoms with E-state index in [2.05, 4.69) is 0 Å². The monoisotopic (exact) mass is 424 g/mol. The van der Waals surface area contributed by atoms with E-state index < -0.39 is 35.7 Å². The second-order valence-electron chi connectivity index (χ2n) is 7.15. The molecule has 0 radical (unpaired) electrons.